The summed E-state index contributed by atoms with van der Waals surface area (Å²) in [5, 5.41) is 6.89. The van der Waals surface area contributed by atoms with Crippen LogP contribution in [0.4, 0.5) is 0 Å². The molecule has 11 aromatic rings. The number of fused-ring (bicyclic) bond motifs is 8. The molecule has 2 aliphatic rings. The maximum atomic E-state index is 6.83. The van der Waals surface area contributed by atoms with Gasteiger partial charge in [0, 0.05) is 12.1 Å². The molecule has 0 N–H and O–H groups in total. The molecule has 0 unspecified atom stereocenters. The molecule has 77 heavy (non-hydrogen) atoms. The van der Waals surface area contributed by atoms with Crippen LogP contribution >= 0.6 is 12.1 Å². The van der Waals surface area contributed by atoms with Crippen LogP contribution in [0.5, 0.6) is 0 Å². The topological polar surface area (TPSA) is 54.0 Å². The molecule has 5 heterocycles. The van der Waals surface area contributed by atoms with Crippen LogP contribution in [0.3, 0.4) is 0 Å². The minimum Gasteiger partial charge on any atom is -0.657 e. The van der Waals surface area contributed by atoms with Crippen LogP contribution < -0.4 is 41.8 Å². The summed E-state index contributed by atoms with van der Waals surface area (Å²) < 4.78 is 0. The van der Waals surface area contributed by atoms with Crippen molar-refractivity contribution in [3.63, 3.8) is 0 Å². The zero-order chi connectivity index (χ0) is 51.1. The first-order valence-electron chi connectivity index (χ1n) is 25.2. The van der Waals surface area contributed by atoms with E-state index < -0.39 is 12.1 Å². The summed E-state index contributed by atoms with van der Waals surface area (Å²) in [7, 11) is 0. The van der Waals surface area contributed by atoms with Crippen LogP contribution in [0, 0.1) is 0 Å². The second-order valence-electron chi connectivity index (χ2n) is 18.8. The molecule has 0 fully saturated rings. The van der Waals surface area contributed by atoms with E-state index in [1.165, 1.54) is 0 Å². The molecule has 2 aliphatic heterocycles. The Kier molecular flexibility index (Phi) is 13.9. The van der Waals surface area contributed by atoms with Gasteiger partial charge in [-0.1, -0.05) is 266 Å². The van der Waals surface area contributed by atoms with Crippen molar-refractivity contribution in [1.82, 2.24) is 19.9 Å². The van der Waals surface area contributed by atoms with Gasteiger partial charge in [-0.25, -0.2) is 9.97 Å². The average molecular weight is 1110 g/mol. The smallest absolute Gasteiger partial charge is 0.657 e. The van der Waals surface area contributed by atoms with Crippen molar-refractivity contribution < 1.29 is 19.5 Å². The van der Waals surface area contributed by atoms with E-state index in [1.807, 2.05) is 0 Å². The minimum absolute atomic E-state index is 0. The van der Waals surface area contributed by atoms with Gasteiger partial charge in [-0.3, -0.25) is 0 Å². The van der Waals surface area contributed by atoms with Gasteiger partial charge in [0.25, 0.3) is 0 Å². The molecule has 0 saturated carbocycles. The summed E-state index contributed by atoms with van der Waals surface area (Å²) in [4.78, 5) is 21.3. The standard InChI is InChI=1S/C68H46N4P2S2.Zn/c75-73(53-21-5-1-6-22-53,54-23-7-2-8-24-54)57-29-17-19-47(43-57)59-31-13-15-33-61(59)67-63-39-35-49(69-63)45-51-37-41-65(71-51)68(66-42-38-52(72-66)46-50-36-40-64(67)70-50)62-34-16-14-32-60(62)48-20-18-30-58(44-48)74(76,55-25-9-3-10-26-55)56-27-11-4-12-28-56;/h1-46H;/q-2;+2. The van der Waals surface area contributed by atoms with Gasteiger partial charge < -0.3 is 9.97 Å². The van der Waals surface area contributed by atoms with Crippen LogP contribution in [0.1, 0.15) is 22.8 Å². The molecule has 362 valence electrons. The first kappa shape index (κ1) is 50.1. The quantitative estimate of drug-likeness (QED) is 0.100. The molecule has 4 nitrogen and oxygen atoms in total. The maximum absolute atomic E-state index is 6.83. The van der Waals surface area contributed by atoms with Gasteiger partial charge in [0.2, 0.25) is 0 Å². The molecular weight excluding hydrogens is 1060 g/mol. The van der Waals surface area contributed by atoms with Gasteiger partial charge in [0.05, 0.1) is 22.8 Å². The molecule has 13 rings (SSSR count). The zero-order valence-corrected chi connectivity index (χ0v) is 48.2. The molecule has 8 aromatic carbocycles. The fourth-order valence-electron chi connectivity index (χ4n) is 10.6. The molecule has 0 atom stereocenters. The number of hydrogen-bond donors (Lipinski definition) is 0. The van der Waals surface area contributed by atoms with E-state index in [1.54, 1.807) is 0 Å². The minimum atomic E-state index is -2.42. The monoisotopic (exact) mass is 1110 g/mol. The molecule has 0 spiro atoms. The maximum Gasteiger partial charge on any atom is 2.00 e. The van der Waals surface area contributed by atoms with E-state index in [4.69, 9.17) is 43.5 Å². The zero-order valence-electron chi connectivity index (χ0n) is 41.8. The first-order chi connectivity index (χ1) is 37.4. The molecule has 0 aliphatic carbocycles. The predicted molar refractivity (Wildman–Crippen MR) is 331 cm³/mol. The third-order valence-corrected chi connectivity index (χ3v) is 24.1. The van der Waals surface area contributed by atoms with Crippen LogP contribution in [-0.4, -0.2) is 9.97 Å². The Hall–Kier alpha value is -7.72. The number of aromatic nitrogens is 4. The summed E-state index contributed by atoms with van der Waals surface area (Å²) in [5.41, 5.74) is 14.7. The van der Waals surface area contributed by atoms with Crippen LogP contribution in [0.25, 0.3) is 90.9 Å². The second kappa shape index (κ2) is 21.4. The van der Waals surface area contributed by atoms with Crippen molar-refractivity contribution in [2.45, 2.75) is 0 Å². The van der Waals surface area contributed by atoms with Gasteiger partial charge in [-0.05, 0) is 113 Å². The fraction of sp³-hybridized carbons (Fsp3) is 0. The Morgan fingerprint density at radius 3 is 0.987 bits per heavy atom. The van der Waals surface area contributed by atoms with E-state index in [0.717, 1.165) is 121 Å². The normalized spacial score (nSPS) is 12.1. The molecule has 8 bridgehead atoms. The number of hydrogen-bond acceptors (Lipinski definition) is 4. The van der Waals surface area contributed by atoms with Crippen molar-refractivity contribution in [1.29, 1.82) is 0 Å². The number of benzene rings is 8. The Morgan fingerprint density at radius 2 is 0.623 bits per heavy atom. The van der Waals surface area contributed by atoms with Crippen molar-refractivity contribution in [3.8, 4) is 44.5 Å². The summed E-state index contributed by atoms with van der Waals surface area (Å²) in [6.45, 7) is 0. The van der Waals surface area contributed by atoms with Crippen molar-refractivity contribution in [3.05, 3.63) is 278 Å². The second-order valence-corrected chi connectivity index (χ2v) is 27.6. The third-order valence-electron chi connectivity index (χ3n) is 14.2. The van der Waals surface area contributed by atoms with Crippen molar-refractivity contribution in [2.24, 2.45) is 0 Å². The number of rotatable bonds is 10. The average Bonchev–Trinajstić information content (AvgIpc) is 4.35. The van der Waals surface area contributed by atoms with Crippen molar-refractivity contribution >= 4 is 114 Å². The van der Waals surface area contributed by atoms with E-state index in [2.05, 4.69) is 279 Å². The van der Waals surface area contributed by atoms with Crippen molar-refractivity contribution in [2.75, 3.05) is 0 Å². The number of nitrogens with zero attached hydrogens (tertiary/aromatic N) is 4. The largest absolute Gasteiger partial charge is 2.00 e. The molecule has 0 radical (unpaired) electrons. The molecule has 0 saturated heterocycles. The van der Waals surface area contributed by atoms with E-state index in [9.17, 15) is 0 Å². The third kappa shape index (κ3) is 9.44. The molecular formula is C68H46N4P2S2Zn. The fourth-order valence-corrected chi connectivity index (χ4v) is 18.1. The molecule has 0 amide bonds. The summed E-state index contributed by atoms with van der Waals surface area (Å²) >= 11 is 13.7. The SMILES string of the molecule is S=P(c1ccccc1)(c1ccccc1)c1cccc(-c2ccccc2-c2c3nc(cc4ccc([n-]4)c(-c4ccccc4-c4cccc(P(=S)(c5ccccc5)c5ccccc5)c4)c4nc(cc5ccc2[n-]5)C=C4)C=C3)c1.[Zn+2]. The van der Waals surface area contributed by atoms with E-state index in [0.29, 0.717) is 0 Å². The molecule has 3 aromatic heterocycles. The Labute approximate surface area is 471 Å². The molecule has 9 heteroatoms. The van der Waals surface area contributed by atoms with E-state index >= 15 is 0 Å². The first-order valence-corrected chi connectivity index (χ1v) is 30.8. The summed E-state index contributed by atoms with van der Waals surface area (Å²) in [6.07, 6.45) is 8.34. The Balaban J connectivity index is 0.00000596. The summed E-state index contributed by atoms with van der Waals surface area (Å²) in [6, 6.07) is 84.7. The van der Waals surface area contributed by atoms with Gasteiger partial charge in [0.1, 0.15) is 0 Å². The van der Waals surface area contributed by atoms with Crippen LogP contribution in [0.15, 0.2) is 255 Å². The van der Waals surface area contributed by atoms with Gasteiger partial charge in [-0.2, -0.15) is 0 Å². The predicted octanol–water partition coefficient (Wildman–Crippen LogP) is 14.1. The van der Waals surface area contributed by atoms with E-state index in [-0.39, 0.29) is 19.5 Å². The van der Waals surface area contributed by atoms with Crippen LogP contribution in [0.2, 0.25) is 0 Å². The Morgan fingerprint density at radius 1 is 0.299 bits per heavy atom. The van der Waals surface area contributed by atoms with Gasteiger partial charge in [0.15, 0.2) is 0 Å². The summed E-state index contributed by atoms with van der Waals surface area (Å²) in [5.74, 6) is 0. The van der Waals surface area contributed by atoms with Crippen LogP contribution in [-0.2, 0) is 43.1 Å². The Bertz CT molecular complexity index is 3990. The van der Waals surface area contributed by atoms with Gasteiger partial charge >= 0.3 is 19.5 Å². The van der Waals surface area contributed by atoms with Gasteiger partial charge in [-0.15, -0.1) is 22.1 Å².